The molecular weight excluding hydrogens is 354 g/mol. The fourth-order valence-corrected chi connectivity index (χ4v) is 2.28. The van der Waals surface area contributed by atoms with E-state index in [0.29, 0.717) is 6.61 Å². The number of carbonyl (C=O) groups is 1. The van der Waals surface area contributed by atoms with E-state index in [1.165, 1.54) is 6.08 Å². The van der Waals surface area contributed by atoms with Crippen LogP contribution in [-0.4, -0.2) is 12.5 Å². The topological polar surface area (TPSA) is 38.3 Å². The predicted molar refractivity (Wildman–Crippen MR) is 98.8 cm³/mol. The van der Waals surface area contributed by atoms with Gasteiger partial charge in [0.1, 0.15) is 5.75 Å². The molecule has 0 saturated carbocycles. The van der Waals surface area contributed by atoms with Crippen molar-refractivity contribution >= 4 is 33.6 Å². The van der Waals surface area contributed by atoms with Crippen LogP contribution in [0.5, 0.6) is 5.75 Å². The lowest BCUT2D eigenvalue weighted by molar-refractivity contribution is -0.111. The zero-order chi connectivity index (χ0) is 16.7. The molecule has 0 spiro atoms. The Morgan fingerprint density at radius 3 is 2.78 bits per heavy atom. The van der Waals surface area contributed by atoms with Gasteiger partial charge < -0.3 is 10.1 Å². The zero-order valence-electron chi connectivity index (χ0n) is 13.3. The summed E-state index contributed by atoms with van der Waals surface area (Å²) in [7, 11) is 0. The summed E-state index contributed by atoms with van der Waals surface area (Å²) < 4.78 is 6.70. The number of anilines is 1. The molecule has 0 aliphatic rings. The second kappa shape index (κ2) is 8.53. The molecule has 0 unspecified atom stereocenters. The van der Waals surface area contributed by atoms with Gasteiger partial charge in [-0.15, -0.1) is 0 Å². The van der Waals surface area contributed by atoms with Crippen LogP contribution in [0.2, 0.25) is 0 Å². The lowest BCUT2D eigenvalue weighted by atomic mass is 10.2. The van der Waals surface area contributed by atoms with Crippen LogP contribution in [0.3, 0.4) is 0 Å². The lowest BCUT2D eigenvalue weighted by Crippen LogP contribution is -2.07. The highest BCUT2D eigenvalue weighted by Crippen LogP contribution is 2.21. The van der Waals surface area contributed by atoms with Gasteiger partial charge in [-0.3, -0.25) is 4.79 Å². The number of carbonyl (C=O) groups excluding carboxylic acids is 1. The summed E-state index contributed by atoms with van der Waals surface area (Å²) in [5.74, 6) is 0.620. The minimum absolute atomic E-state index is 0.169. The van der Waals surface area contributed by atoms with Crippen molar-refractivity contribution in [3.05, 3.63) is 64.1 Å². The van der Waals surface area contributed by atoms with Crippen LogP contribution in [0.4, 0.5) is 5.69 Å². The van der Waals surface area contributed by atoms with Gasteiger partial charge in [0.05, 0.1) is 6.61 Å². The van der Waals surface area contributed by atoms with Gasteiger partial charge in [-0.25, -0.2) is 0 Å². The van der Waals surface area contributed by atoms with E-state index < -0.39 is 0 Å². The number of rotatable bonds is 6. The molecule has 120 valence electrons. The Bertz CT molecular complexity index is 710. The Labute approximate surface area is 145 Å². The van der Waals surface area contributed by atoms with Gasteiger partial charge in [0.25, 0.3) is 0 Å². The summed E-state index contributed by atoms with van der Waals surface area (Å²) in [6, 6.07) is 13.4. The fraction of sp³-hybridized carbons (Fsp3) is 0.211. The first-order valence-corrected chi connectivity index (χ1v) is 8.36. The van der Waals surface area contributed by atoms with Crippen LogP contribution < -0.4 is 10.1 Å². The molecule has 23 heavy (non-hydrogen) atoms. The van der Waals surface area contributed by atoms with E-state index in [-0.39, 0.29) is 5.91 Å². The molecule has 0 bridgehead atoms. The molecule has 2 aromatic rings. The van der Waals surface area contributed by atoms with Gasteiger partial charge in [-0.1, -0.05) is 41.1 Å². The Balaban J connectivity index is 2.04. The third-order valence-corrected chi connectivity index (χ3v) is 4.11. The molecule has 2 rings (SSSR count). The fourth-order valence-electron chi connectivity index (χ4n) is 2.03. The second-order valence-electron chi connectivity index (χ2n) is 5.17. The minimum atomic E-state index is -0.169. The van der Waals surface area contributed by atoms with Crippen molar-refractivity contribution in [1.29, 1.82) is 0 Å². The molecule has 0 aliphatic carbocycles. The first-order valence-electron chi connectivity index (χ1n) is 7.57. The van der Waals surface area contributed by atoms with Gasteiger partial charge in [0.2, 0.25) is 5.91 Å². The largest absolute Gasteiger partial charge is 0.493 e. The van der Waals surface area contributed by atoms with E-state index in [4.69, 9.17) is 4.74 Å². The average molecular weight is 374 g/mol. The quantitative estimate of drug-likeness (QED) is 0.706. The summed E-state index contributed by atoms with van der Waals surface area (Å²) >= 11 is 3.44. The number of aryl methyl sites for hydroxylation is 1. The number of benzene rings is 2. The molecule has 0 atom stereocenters. The molecule has 2 aromatic carbocycles. The smallest absolute Gasteiger partial charge is 0.248 e. The normalized spacial score (nSPS) is 10.7. The standard InChI is InChI=1S/C19H20BrNO2/c1-3-12-23-18-7-5-4-6-15(18)8-11-19(22)21-16-9-10-17(20)14(2)13-16/h4-11,13H,3,12H2,1-2H3,(H,21,22)/b11-8+. The van der Waals surface area contributed by atoms with E-state index >= 15 is 0 Å². The highest BCUT2D eigenvalue weighted by molar-refractivity contribution is 9.10. The highest BCUT2D eigenvalue weighted by atomic mass is 79.9. The zero-order valence-corrected chi connectivity index (χ0v) is 14.9. The molecule has 3 nitrogen and oxygen atoms in total. The first kappa shape index (κ1) is 17.3. The number of ether oxygens (including phenoxy) is 1. The molecule has 0 aromatic heterocycles. The molecule has 0 fully saturated rings. The maximum absolute atomic E-state index is 12.1. The van der Waals surface area contributed by atoms with E-state index in [2.05, 4.69) is 28.2 Å². The number of hydrogen-bond acceptors (Lipinski definition) is 2. The van der Waals surface area contributed by atoms with E-state index in [0.717, 1.165) is 33.5 Å². The van der Waals surface area contributed by atoms with Crippen LogP contribution in [0.15, 0.2) is 53.0 Å². The predicted octanol–water partition coefficient (Wildman–Crippen LogP) is 5.20. The molecule has 1 N–H and O–H groups in total. The van der Waals surface area contributed by atoms with Gasteiger partial charge in [-0.05, 0) is 49.2 Å². The van der Waals surface area contributed by atoms with Gasteiger partial charge >= 0.3 is 0 Å². The number of halogens is 1. The summed E-state index contributed by atoms with van der Waals surface area (Å²) in [6.07, 6.45) is 4.24. The highest BCUT2D eigenvalue weighted by Gasteiger charge is 2.02. The third-order valence-electron chi connectivity index (χ3n) is 3.22. The Kier molecular flexibility index (Phi) is 6.41. The molecule has 0 saturated heterocycles. The van der Waals surface area contributed by atoms with Gasteiger partial charge in [0, 0.05) is 21.8 Å². The maximum Gasteiger partial charge on any atom is 0.248 e. The van der Waals surface area contributed by atoms with Crippen molar-refractivity contribution in [2.24, 2.45) is 0 Å². The third kappa shape index (κ3) is 5.25. The summed E-state index contributed by atoms with van der Waals surface area (Å²) in [5.41, 5.74) is 2.74. The van der Waals surface area contributed by atoms with Crippen molar-refractivity contribution in [1.82, 2.24) is 0 Å². The van der Waals surface area contributed by atoms with Crippen LogP contribution in [-0.2, 0) is 4.79 Å². The van der Waals surface area contributed by atoms with Crippen LogP contribution in [0, 0.1) is 6.92 Å². The molecule has 0 heterocycles. The number of nitrogens with one attached hydrogen (secondary N) is 1. The van der Waals surface area contributed by atoms with Crippen molar-refractivity contribution in [3.63, 3.8) is 0 Å². The van der Waals surface area contributed by atoms with Gasteiger partial charge in [0.15, 0.2) is 0 Å². The minimum Gasteiger partial charge on any atom is -0.493 e. The summed E-state index contributed by atoms with van der Waals surface area (Å²) in [4.78, 5) is 12.1. The molecule has 1 amide bonds. The van der Waals surface area contributed by atoms with Crippen LogP contribution >= 0.6 is 15.9 Å². The number of hydrogen-bond donors (Lipinski definition) is 1. The van der Waals surface area contributed by atoms with E-state index in [1.54, 1.807) is 6.08 Å². The van der Waals surface area contributed by atoms with Crippen molar-refractivity contribution in [2.75, 3.05) is 11.9 Å². The van der Waals surface area contributed by atoms with E-state index in [1.807, 2.05) is 49.4 Å². The molecular formula is C19H20BrNO2. The molecule has 0 aliphatic heterocycles. The van der Waals surface area contributed by atoms with Crippen LogP contribution in [0.1, 0.15) is 24.5 Å². The maximum atomic E-state index is 12.1. The monoisotopic (exact) mass is 373 g/mol. The lowest BCUT2D eigenvalue weighted by Gasteiger charge is -2.08. The van der Waals surface area contributed by atoms with Crippen molar-refractivity contribution in [2.45, 2.75) is 20.3 Å². The summed E-state index contributed by atoms with van der Waals surface area (Å²) in [5, 5.41) is 2.86. The number of para-hydroxylation sites is 1. The average Bonchev–Trinajstić information content (AvgIpc) is 2.55. The Morgan fingerprint density at radius 2 is 2.04 bits per heavy atom. The second-order valence-corrected chi connectivity index (χ2v) is 6.03. The Morgan fingerprint density at radius 1 is 1.26 bits per heavy atom. The van der Waals surface area contributed by atoms with Gasteiger partial charge in [-0.2, -0.15) is 0 Å². The van der Waals surface area contributed by atoms with E-state index in [9.17, 15) is 4.79 Å². The first-order chi connectivity index (χ1) is 11.1. The Hall–Kier alpha value is -2.07. The van der Waals surface area contributed by atoms with Crippen LogP contribution in [0.25, 0.3) is 6.08 Å². The van der Waals surface area contributed by atoms with Crippen molar-refractivity contribution in [3.8, 4) is 5.75 Å². The number of amides is 1. The molecule has 4 heteroatoms. The summed E-state index contributed by atoms with van der Waals surface area (Å²) in [6.45, 7) is 4.71. The van der Waals surface area contributed by atoms with Crippen molar-refractivity contribution < 1.29 is 9.53 Å². The molecule has 0 radical (unpaired) electrons. The SMILES string of the molecule is CCCOc1ccccc1/C=C/C(=O)Nc1ccc(Br)c(C)c1.